The first kappa shape index (κ1) is 11.5. The molecule has 1 aromatic rings. The van der Waals surface area contributed by atoms with Gasteiger partial charge in [0.15, 0.2) is 0 Å². The Bertz CT molecular complexity index is 282. The number of methoxy groups -OCH3 is 1. The van der Waals surface area contributed by atoms with Gasteiger partial charge in [0.25, 0.3) is 0 Å². The molecule has 0 aliphatic rings. The first-order chi connectivity index (χ1) is 7.30. The van der Waals surface area contributed by atoms with Crippen molar-refractivity contribution in [3.05, 3.63) is 0 Å². The molecule has 0 saturated heterocycles. The highest BCUT2D eigenvalue weighted by molar-refractivity contribution is 5.35. The Hall–Kier alpha value is -1.59. The number of hydrogen-bond donors (Lipinski definition) is 2. The van der Waals surface area contributed by atoms with E-state index in [0.717, 1.165) is 19.4 Å². The molecule has 0 amide bonds. The average molecular weight is 211 g/mol. The molecule has 0 atom stereocenters. The first-order valence-electron chi connectivity index (χ1n) is 5.01. The number of anilines is 2. The molecular formula is C9H17N5O. The summed E-state index contributed by atoms with van der Waals surface area (Å²) in [5, 5.41) is 5.96. The van der Waals surface area contributed by atoms with E-state index in [9.17, 15) is 0 Å². The zero-order valence-electron chi connectivity index (χ0n) is 9.37. The van der Waals surface area contributed by atoms with Crippen LogP contribution in [0, 0.1) is 0 Å². The van der Waals surface area contributed by atoms with Crippen molar-refractivity contribution in [2.24, 2.45) is 0 Å². The van der Waals surface area contributed by atoms with Crippen molar-refractivity contribution in [2.75, 3.05) is 31.3 Å². The number of nitrogens with zero attached hydrogens (tertiary/aromatic N) is 3. The summed E-state index contributed by atoms with van der Waals surface area (Å²) < 4.78 is 4.96. The average Bonchev–Trinajstić information content (AvgIpc) is 2.29. The van der Waals surface area contributed by atoms with Crippen LogP contribution < -0.4 is 15.4 Å². The van der Waals surface area contributed by atoms with Crippen LogP contribution in [0.15, 0.2) is 0 Å². The van der Waals surface area contributed by atoms with E-state index < -0.39 is 0 Å². The number of hydrogen-bond acceptors (Lipinski definition) is 6. The van der Waals surface area contributed by atoms with Gasteiger partial charge in [-0.3, -0.25) is 0 Å². The molecule has 0 aliphatic carbocycles. The zero-order valence-corrected chi connectivity index (χ0v) is 9.37. The van der Waals surface area contributed by atoms with Gasteiger partial charge in [-0.25, -0.2) is 0 Å². The fourth-order valence-electron chi connectivity index (χ4n) is 1.02. The standard InChI is InChI=1S/C9H17N5O/c1-4-5-6-11-8-12-7(10-2)13-9(14-8)15-3/h4-6H2,1-3H3,(H2,10,11,12,13,14). The molecule has 1 rings (SSSR count). The molecule has 0 bridgehead atoms. The summed E-state index contributed by atoms with van der Waals surface area (Å²) in [5.74, 6) is 1.04. The van der Waals surface area contributed by atoms with Gasteiger partial charge in [-0.05, 0) is 6.42 Å². The molecule has 0 fully saturated rings. The van der Waals surface area contributed by atoms with Gasteiger partial charge in [0.1, 0.15) is 0 Å². The van der Waals surface area contributed by atoms with E-state index >= 15 is 0 Å². The summed E-state index contributed by atoms with van der Waals surface area (Å²) in [7, 11) is 3.29. The van der Waals surface area contributed by atoms with E-state index in [0.29, 0.717) is 17.9 Å². The van der Waals surface area contributed by atoms with Gasteiger partial charge in [0.05, 0.1) is 7.11 Å². The lowest BCUT2D eigenvalue weighted by Crippen LogP contribution is -2.09. The lowest BCUT2D eigenvalue weighted by Gasteiger charge is -2.06. The van der Waals surface area contributed by atoms with Crippen molar-refractivity contribution in [3.8, 4) is 6.01 Å². The molecule has 0 aromatic carbocycles. The Morgan fingerprint density at radius 3 is 2.53 bits per heavy atom. The molecule has 0 spiro atoms. The van der Waals surface area contributed by atoms with Crippen LogP contribution in [0.3, 0.4) is 0 Å². The topological polar surface area (TPSA) is 72.0 Å². The van der Waals surface area contributed by atoms with Gasteiger partial charge in [-0.2, -0.15) is 15.0 Å². The van der Waals surface area contributed by atoms with Crippen LogP contribution in [-0.2, 0) is 0 Å². The summed E-state index contributed by atoms with van der Waals surface area (Å²) in [4.78, 5) is 12.2. The van der Waals surface area contributed by atoms with Gasteiger partial charge < -0.3 is 15.4 Å². The van der Waals surface area contributed by atoms with E-state index in [1.165, 1.54) is 7.11 Å². The van der Waals surface area contributed by atoms with E-state index in [2.05, 4.69) is 32.5 Å². The Balaban J connectivity index is 2.68. The SMILES string of the molecule is CCCCNc1nc(NC)nc(OC)n1. The number of ether oxygens (including phenoxy) is 1. The second kappa shape index (κ2) is 6.00. The van der Waals surface area contributed by atoms with Gasteiger partial charge in [0.2, 0.25) is 11.9 Å². The maximum atomic E-state index is 4.96. The van der Waals surface area contributed by atoms with Crippen LogP contribution in [0.25, 0.3) is 0 Å². The Morgan fingerprint density at radius 2 is 1.93 bits per heavy atom. The molecule has 0 unspecified atom stereocenters. The van der Waals surface area contributed by atoms with E-state index in [1.54, 1.807) is 7.05 Å². The minimum Gasteiger partial charge on any atom is -0.467 e. The summed E-state index contributed by atoms with van der Waals surface area (Å²) in [6.45, 7) is 2.99. The highest BCUT2D eigenvalue weighted by Crippen LogP contribution is 2.09. The number of aromatic nitrogens is 3. The zero-order chi connectivity index (χ0) is 11.1. The van der Waals surface area contributed by atoms with Crippen LogP contribution in [-0.4, -0.2) is 35.7 Å². The monoisotopic (exact) mass is 211 g/mol. The summed E-state index contributed by atoms with van der Waals surface area (Å²) in [5.41, 5.74) is 0. The molecule has 0 saturated carbocycles. The van der Waals surface area contributed by atoms with E-state index in [1.807, 2.05) is 0 Å². The molecule has 6 heteroatoms. The Labute approximate surface area is 89.5 Å². The lowest BCUT2D eigenvalue weighted by atomic mass is 10.3. The third-order valence-electron chi connectivity index (χ3n) is 1.83. The largest absolute Gasteiger partial charge is 0.467 e. The van der Waals surface area contributed by atoms with Crippen LogP contribution in [0.5, 0.6) is 6.01 Å². The Morgan fingerprint density at radius 1 is 1.20 bits per heavy atom. The fourth-order valence-corrected chi connectivity index (χ4v) is 1.02. The number of nitrogens with one attached hydrogen (secondary N) is 2. The van der Waals surface area contributed by atoms with E-state index in [4.69, 9.17) is 4.74 Å². The second-order valence-electron chi connectivity index (χ2n) is 3.00. The maximum Gasteiger partial charge on any atom is 0.322 e. The van der Waals surface area contributed by atoms with Crippen LogP contribution in [0.1, 0.15) is 19.8 Å². The summed E-state index contributed by atoms with van der Waals surface area (Å²) in [6, 6.07) is 0.313. The lowest BCUT2D eigenvalue weighted by molar-refractivity contribution is 0.379. The van der Waals surface area contributed by atoms with Crippen molar-refractivity contribution in [2.45, 2.75) is 19.8 Å². The van der Waals surface area contributed by atoms with Crippen molar-refractivity contribution in [1.29, 1.82) is 0 Å². The Kier molecular flexibility index (Phi) is 4.59. The quantitative estimate of drug-likeness (QED) is 0.687. The van der Waals surface area contributed by atoms with Crippen LogP contribution in [0.2, 0.25) is 0 Å². The molecular weight excluding hydrogens is 194 g/mol. The normalized spacial score (nSPS) is 9.80. The van der Waals surface area contributed by atoms with Gasteiger partial charge in [-0.1, -0.05) is 13.3 Å². The molecule has 1 heterocycles. The molecule has 0 radical (unpaired) electrons. The minimum atomic E-state index is 0.313. The molecule has 15 heavy (non-hydrogen) atoms. The second-order valence-corrected chi connectivity index (χ2v) is 3.00. The van der Waals surface area contributed by atoms with Gasteiger partial charge in [-0.15, -0.1) is 0 Å². The van der Waals surface area contributed by atoms with Crippen LogP contribution >= 0.6 is 0 Å². The summed E-state index contributed by atoms with van der Waals surface area (Å²) >= 11 is 0. The summed E-state index contributed by atoms with van der Waals surface area (Å²) in [6.07, 6.45) is 2.22. The number of unbranched alkanes of at least 4 members (excludes halogenated alkanes) is 1. The van der Waals surface area contributed by atoms with E-state index in [-0.39, 0.29) is 0 Å². The maximum absolute atomic E-state index is 4.96. The van der Waals surface area contributed by atoms with Crippen molar-refractivity contribution in [3.63, 3.8) is 0 Å². The highest BCUT2D eigenvalue weighted by Gasteiger charge is 2.04. The smallest absolute Gasteiger partial charge is 0.322 e. The molecule has 1 aromatic heterocycles. The van der Waals surface area contributed by atoms with Crippen molar-refractivity contribution >= 4 is 11.9 Å². The number of rotatable bonds is 6. The molecule has 84 valence electrons. The molecule has 2 N–H and O–H groups in total. The third kappa shape index (κ3) is 3.57. The van der Waals surface area contributed by atoms with Gasteiger partial charge in [0, 0.05) is 13.6 Å². The van der Waals surface area contributed by atoms with Crippen molar-refractivity contribution < 1.29 is 4.74 Å². The highest BCUT2D eigenvalue weighted by atomic mass is 16.5. The molecule has 6 nitrogen and oxygen atoms in total. The fraction of sp³-hybridized carbons (Fsp3) is 0.667. The molecule has 0 aliphatic heterocycles. The van der Waals surface area contributed by atoms with Crippen LogP contribution in [0.4, 0.5) is 11.9 Å². The predicted octanol–water partition coefficient (Wildman–Crippen LogP) is 1.13. The van der Waals surface area contributed by atoms with Gasteiger partial charge >= 0.3 is 6.01 Å². The van der Waals surface area contributed by atoms with Crippen molar-refractivity contribution in [1.82, 2.24) is 15.0 Å². The minimum absolute atomic E-state index is 0.313. The predicted molar refractivity (Wildman–Crippen MR) is 59.3 cm³/mol. The first-order valence-corrected chi connectivity index (χ1v) is 5.01. The third-order valence-corrected chi connectivity index (χ3v) is 1.83.